The first kappa shape index (κ1) is 22.3. The molecule has 0 unspecified atom stereocenters. The van der Waals surface area contributed by atoms with E-state index in [0.717, 1.165) is 49.9 Å². The monoisotopic (exact) mass is 412 g/mol. The van der Waals surface area contributed by atoms with Crippen LogP contribution in [0.3, 0.4) is 0 Å². The van der Waals surface area contributed by atoms with Gasteiger partial charge in [0.1, 0.15) is 0 Å². The first-order valence-electron chi connectivity index (χ1n) is 12.6. The molecule has 0 aromatic carbocycles. The molecule has 3 saturated carbocycles. The summed E-state index contributed by atoms with van der Waals surface area (Å²) < 4.78 is 0. The second-order valence-electron chi connectivity index (χ2n) is 12.3. The van der Waals surface area contributed by atoms with Gasteiger partial charge in [0.15, 0.2) is 5.78 Å². The van der Waals surface area contributed by atoms with Crippen LogP contribution in [0.15, 0.2) is 23.8 Å². The Morgan fingerprint density at radius 3 is 2.60 bits per heavy atom. The molecular formula is C28H44O2. The van der Waals surface area contributed by atoms with Crippen LogP contribution in [-0.4, -0.2) is 16.5 Å². The maximum Gasteiger partial charge on any atom is 0.155 e. The van der Waals surface area contributed by atoms with Gasteiger partial charge in [-0.2, -0.15) is 0 Å². The zero-order chi connectivity index (χ0) is 21.9. The maximum absolute atomic E-state index is 12.0. The number of allylic oxidation sites excluding steroid dienone is 2. The molecule has 0 saturated heterocycles. The van der Waals surface area contributed by atoms with Gasteiger partial charge in [-0.1, -0.05) is 45.4 Å². The van der Waals surface area contributed by atoms with Crippen molar-refractivity contribution in [2.75, 3.05) is 0 Å². The summed E-state index contributed by atoms with van der Waals surface area (Å²) in [5.74, 6) is 3.47. The lowest BCUT2D eigenvalue weighted by Crippen LogP contribution is -2.53. The summed E-state index contributed by atoms with van der Waals surface area (Å²) in [6, 6.07) is 0. The Hall–Kier alpha value is -0.890. The highest BCUT2D eigenvalue weighted by molar-refractivity contribution is 5.91. The van der Waals surface area contributed by atoms with E-state index in [9.17, 15) is 9.90 Å². The van der Waals surface area contributed by atoms with Crippen LogP contribution < -0.4 is 0 Å². The minimum Gasteiger partial charge on any atom is -0.390 e. The van der Waals surface area contributed by atoms with Gasteiger partial charge >= 0.3 is 0 Å². The zero-order valence-electron chi connectivity index (χ0n) is 20.1. The minimum absolute atomic E-state index is 0.244. The fraction of sp³-hybridized carbons (Fsp3) is 0.821. The third kappa shape index (κ3) is 3.46. The number of fused-ring (bicyclic) bond motifs is 5. The molecule has 2 nitrogen and oxygen atoms in total. The highest BCUT2D eigenvalue weighted by atomic mass is 16.3. The van der Waals surface area contributed by atoms with Crippen molar-refractivity contribution in [1.82, 2.24) is 0 Å². The predicted octanol–water partition coefficient (Wildman–Crippen LogP) is 6.88. The van der Waals surface area contributed by atoms with Gasteiger partial charge in [-0.05, 0) is 111 Å². The Bertz CT molecular complexity index is 744. The summed E-state index contributed by atoms with van der Waals surface area (Å²) in [4.78, 5) is 12.0. The molecule has 4 rings (SSSR count). The zero-order valence-corrected chi connectivity index (χ0v) is 20.1. The third-order valence-electron chi connectivity index (χ3n) is 10.5. The topological polar surface area (TPSA) is 37.3 Å². The van der Waals surface area contributed by atoms with Crippen molar-refractivity contribution < 1.29 is 9.90 Å². The smallest absolute Gasteiger partial charge is 0.155 e. The Labute approximate surface area is 184 Å². The molecule has 0 radical (unpaired) electrons. The van der Waals surface area contributed by atoms with E-state index in [2.05, 4.69) is 41.2 Å². The fourth-order valence-electron chi connectivity index (χ4n) is 8.46. The van der Waals surface area contributed by atoms with E-state index in [1.54, 1.807) is 0 Å². The number of hydrogen-bond acceptors (Lipinski definition) is 2. The van der Waals surface area contributed by atoms with Crippen molar-refractivity contribution in [3.63, 3.8) is 0 Å². The Kier molecular flexibility index (Phi) is 5.66. The van der Waals surface area contributed by atoms with Crippen LogP contribution in [0.25, 0.3) is 0 Å². The molecule has 4 aliphatic carbocycles. The Morgan fingerprint density at radius 2 is 1.90 bits per heavy atom. The van der Waals surface area contributed by atoms with Crippen LogP contribution in [0, 0.1) is 40.4 Å². The van der Waals surface area contributed by atoms with Crippen LogP contribution in [0.2, 0.25) is 0 Å². The number of aliphatic hydroxyl groups is 1. The lowest BCUT2D eigenvalue weighted by atomic mass is 9.46. The number of ketones is 1. The minimum atomic E-state index is -0.602. The molecule has 3 fully saturated rings. The first-order chi connectivity index (χ1) is 14.0. The van der Waals surface area contributed by atoms with Crippen molar-refractivity contribution in [2.24, 2.45) is 40.4 Å². The predicted molar refractivity (Wildman–Crippen MR) is 124 cm³/mol. The van der Waals surface area contributed by atoms with E-state index in [-0.39, 0.29) is 10.8 Å². The van der Waals surface area contributed by atoms with E-state index in [1.165, 1.54) is 43.3 Å². The standard InChI is InChI=1S/C28H44O2/c1-18(2)19(3)11-16-28(6,30)25-10-9-23-22-8-7-20-17-21(29)12-14-26(20,4)24(22)13-15-27(23,25)5/h17-18,22-25,30H,3,7-16H2,1-2,4-6H3/t22-,23-,24-,25-,26-,27-,28-/m0/s1. The van der Waals surface area contributed by atoms with Crippen molar-refractivity contribution in [2.45, 2.75) is 104 Å². The van der Waals surface area contributed by atoms with Crippen molar-refractivity contribution in [3.05, 3.63) is 23.8 Å². The van der Waals surface area contributed by atoms with Gasteiger partial charge in [-0.15, -0.1) is 0 Å². The number of carbonyl (C=O) groups is 1. The molecule has 0 heterocycles. The van der Waals surface area contributed by atoms with Gasteiger partial charge in [0.25, 0.3) is 0 Å². The van der Waals surface area contributed by atoms with E-state index in [4.69, 9.17) is 0 Å². The molecule has 2 heteroatoms. The molecule has 0 aromatic heterocycles. The summed E-state index contributed by atoms with van der Waals surface area (Å²) in [5.41, 5.74) is 2.62. The number of carbonyl (C=O) groups excluding carboxylic acids is 1. The van der Waals surface area contributed by atoms with Crippen LogP contribution in [0.4, 0.5) is 0 Å². The van der Waals surface area contributed by atoms with Crippen LogP contribution in [0.1, 0.15) is 98.8 Å². The lowest BCUT2D eigenvalue weighted by Gasteiger charge is -2.59. The Morgan fingerprint density at radius 1 is 1.17 bits per heavy atom. The quantitative estimate of drug-likeness (QED) is 0.500. The molecule has 4 aliphatic rings. The number of hydrogen-bond donors (Lipinski definition) is 1. The molecule has 0 aromatic rings. The van der Waals surface area contributed by atoms with Crippen molar-refractivity contribution >= 4 is 5.78 Å². The fourth-order valence-corrected chi connectivity index (χ4v) is 8.46. The summed E-state index contributed by atoms with van der Waals surface area (Å²) in [7, 11) is 0. The van der Waals surface area contributed by atoms with E-state index in [0.29, 0.717) is 17.6 Å². The second kappa shape index (κ2) is 7.61. The molecular weight excluding hydrogens is 368 g/mol. The van der Waals surface area contributed by atoms with Gasteiger partial charge in [-0.3, -0.25) is 4.79 Å². The Balaban J connectivity index is 1.53. The second-order valence-corrected chi connectivity index (χ2v) is 12.3. The van der Waals surface area contributed by atoms with Crippen molar-refractivity contribution in [1.29, 1.82) is 0 Å². The maximum atomic E-state index is 12.0. The van der Waals surface area contributed by atoms with E-state index < -0.39 is 5.60 Å². The van der Waals surface area contributed by atoms with Crippen LogP contribution in [0.5, 0.6) is 0 Å². The van der Waals surface area contributed by atoms with Gasteiger partial charge in [0.05, 0.1) is 5.60 Å². The molecule has 0 amide bonds. The first-order valence-corrected chi connectivity index (χ1v) is 12.6. The van der Waals surface area contributed by atoms with Crippen molar-refractivity contribution in [3.8, 4) is 0 Å². The highest BCUT2D eigenvalue weighted by Gasteiger charge is 2.61. The van der Waals surface area contributed by atoms with Gasteiger partial charge in [-0.25, -0.2) is 0 Å². The van der Waals surface area contributed by atoms with Crippen LogP contribution in [-0.2, 0) is 4.79 Å². The largest absolute Gasteiger partial charge is 0.390 e. The molecule has 0 spiro atoms. The highest BCUT2D eigenvalue weighted by Crippen LogP contribution is 2.68. The summed E-state index contributed by atoms with van der Waals surface area (Å²) in [5, 5.41) is 11.6. The summed E-state index contributed by atoms with van der Waals surface area (Å²) in [6.45, 7) is 15.7. The van der Waals surface area contributed by atoms with E-state index in [1.807, 2.05) is 6.08 Å². The van der Waals surface area contributed by atoms with Crippen LogP contribution >= 0.6 is 0 Å². The molecule has 0 aliphatic heterocycles. The SMILES string of the molecule is C=C(CC[C@](C)(O)[C@H]1CC[C@H]2[C@@H]3CCC4=CC(=O)CC[C@]4(C)[C@H]3CC[C@@]21C)C(C)C. The third-order valence-corrected chi connectivity index (χ3v) is 10.5. The molecule has 168 valence electrons. The average Bonchev–Trinajstić information content (AvgIpc) is 3.04. The molecule has 1 N–H and O–H groups in total. The summed E-state index contributed by atoms with van der Waals surface area (Å²) in [6.07, 6.45) is 12.9. The molecule has 30 heavy (non-hydrogen) atoms. The number of rotatable bonds is 5. The van der Waals surface area contributed by atoms with Gasteiger partial charge in [0, 0.05) is 6.42 Å². The lowest BCUT2D eigenvalue weighted by molar-refractivity contribution is -0.120. The summed E-state index contributed by atoms with van der Waals surface area (Å²) >= 11 is 0. The van der Waals surface area contributed by atoms with Gasteiger partial charge in [0.2, 0.25) is 0 Å². The van der Waals surface area contributed by atoms with E-state index >= 15 is 0 Å². The average molecular weight is 413 g/mol. The molecule has 0 bridgehead atoms. The normalized spacial score (nSPS) is 42.8. The van der Waals surface area contributed by atoms with Gasteiger partial charge < -0.3 is 5.11 Å². The molecule has 7 atom stereocenters.